The van der Waals surface area contributed by atoms with Crippen LogP contribution in [0, 0.1) is 0 Å². The van der Waals surface area contributed by atoms with E-state index in [1.165, 1.54) is 0 Å². The largest absolute Gasteiger partial charge is 0.391 e. The number of aliphatic hydroxyl groups is 1. The molecule has 0 saturated heterocycles. The summed E-state index contributed by atoms with van der Waals surface area (Å²) in [4.78, 5) is 12.2. The maximum absolute atomic E-state index is 12.2. The lowest BCUT2D eigenvalue weighted by molar-refractivity contribution is -0.122. The average molecular weight is 283 g/mol. The predicted molar refractivity (Wildman–Crippen MR) is 84.1 cm³/mol. The summed E-state index contributed by atoms with van der Waals surface area (Å²) in [5.41, 5.74) is 1.04. The third kappa shape index (κ3) is 3.24. The molecule has 1 aliphatic rings. The van der Waals surface area contributed by atoms with Crippen LogP contribution in [0.2, 0.25) is 0 Å². The van der Waals surface area contributed by atoms with Crippen molar-refractivity contribution in [2.45, 2.75) is 44.2 Å². The van der Waals surface area contributed by atoms with Gasteiger partial charge >= 0.3 is 0 Å². The smallest absolute Gasteiger partial charge is 0.224 e. The third-order valence-electron chi connectivity index (χ3n) is 4.31. The summed E-state index contributed by atoms with van der Waals surface area (Å²) in [7, 11) is 0. The number of benzene rings is 2. The molecule has 1 fully saturated rings. The Morgan fingerprint density at radius 2 is 1.86 bits per heavy atom. The van der Waals surface area contributed by atoms with E-state index in [0.717, 1.165) is 42.0 Å². The van der Waals surface area contributed by atoms with Crippen LogP contribution in [-0.2, 0) is 11.2 Å². The third-order valence-corrected chi connectivity index (χ3v) is 4.31. The monoisotopic (exact) mass is 283 g/mol. The van der Waals surface area contributed by atoms with Crippen molar-refractivity contribution >= 4 is 16.7 Å². The van der Waals surface area contributed by atoms with E-state index < -0.39 is 6.10 Å². The van der Waals surface area contributed by atoms with Gasteiger partial charge in [0.15, 0.2) is 0 Å². The van der Waals surface area contributed by atoms with Gasteiger partial charge in [-0.1, -0.05) is 55.3 Å². The lowest BCUT2D eigenvalue weighted by atomic mass is 9.92. The lowest BCUT2D eigenvalue weighted by Crippen LogP contribution is -2.45. The molecule has 0 radical (unpaired) electrons. The molecule has 0 spiro atoms. The highest BCUT2D eigenvalue weighted by atomic mass is 16.3. The molecule has 2 aromatic rings. The molecule has 2 N–H and O–H groups in total. The molecule has 3 nitrogen and oxygen atoms in total. The van der Waals surface area contributed by atoms with Crippen LogP contribution in [0.3, 0.4) is 0 Å². The van der Waals surface area contributed by atoms with E-state index in [4.69, 9.17) is 0 Å². The highest BCUT2D eigenvalue weighted by Crippen LogP contribution is 2.20. The van der Waals surface area contributed by atoms with Gasteiger partial charge in [0.2, 0.25) is 5.91 Å². The second-order valence-electron chi connectivity index (χ2n) is 5.84. The molecule has 1 saturated carbocycles. The van der Waals surface area contributed by atoms with Gasteiger partial charge in [0.05, 0.1) is 18.6 Å². The van der Waals surface area contributed by atoms with Gasteiger partial charge in [0, 0.05) is 0 Å². The second kappa shape index (κ2) is 6.27. The molecule has 110 valence electrons. The molecule has 0 aromatic heterocycles. The second-order valence-corrected chi connectivity index (χ2v) is 5.84. The summed E-state index contributed by atoms with van der Waals surface area (Å²) < 4.78 is 0. The fourth-order valence-corrected chi connectivity index (χ4v) is 3.16. The first-order valence-corrected chi connectivity index (χ1v) is 7.68. The van der Waals surface area contributed by atoms with E-state index in [0.29, 0.717) is 6.42 Å². The molecule has 2 atom stereocenters. The van der Waals surface area contributed by atoms with Crippen molar-refractivity contribution < 1.29 is 9.90 Å². The minimum Gasteiger partial charge on any atom is -0.391 e. The number of hydrogen-bond donors (Lipinski definition) is 2. The predicted octanol–water partition coefficient (Wildman–Crippen LogP) is 2.80. The lowest BCUT2D eigenvalue weighted by Gasteiger charge is -2.28. The van der Waals surface area contributed by atoms with Crippen molar-refractivity contribution in [1.29, 1.82) is 0 Å². The highest BCUT2D eigenvalue weighted by molar-refractivity contribution is 5.90. The molecule has 3 rings (SSSR count). The molecule has 1 aliphatic carbocycles. The van der Waals surface area contributed by atoms with E-state index >= 15 is 0 Å². The summed E-state index contributed by atoms with van der Waals surface area (Å²) in [6, 6.07) is 14.1. The van der Waals surface area contributed by atoms with Gasteiger partial charge in [0.25, 0.3) is 0 Å². The Balaban J connectivity index is 1.71. The van der Waals surface area contributed by atoms with Gasteiger partial charge in [-0.3, -0.25) is 4.79 Å². The maximum Gasteiger partial charge on any atom is 0.224 e. The van der Waals surface area contributed by atoms with Crippen LogP contribution in [0.4, 0.5) is 0 Å². The van der Waals surface area contributed by atoms with Crippen LogP contribution in [0.25, 0.3) is 10.8 Å². The fourth-order valence-electron chi connectivity index (χ4n) is 3.16. The average Bonchev–Trinajstić information content (AvgIpc) is 2.50. The fraction of sp³-hybridized carbons (Fsp3) is 0.389. The van der Waals surface area contributed by atoms with Crippen LogP contribution >= 0.6 is 0 Å². The Labute approximate surface area is 125 Å². The molecule has 0 bridgehead atoms. The molecule has 3 heteroatoms. The number of aliphatic hydroxyl groups excluding tert-OH is 1. The van der Waals surface area contributed by atoms with Crippen molar-refractivity contribution in [3.63, 3.8) is 0 Å². The van der Waals surface area contributed by atoms with Crippen molar-refractivity contribution in [2.75, 3.05) is 0 Å². The van der Waals surface area contributed by atoms with Crippen LogP contribution < -0.4 is 5.32 Å². The number of rotatable bonds is 3. The summed E-state index contributed by atoms with van der Waals surface area (Å²) in [5, 5.41) is 15.2. The van der Waals surface area contributed by atoms with Crippen LogP contribution in [0.5, 0.6) is 0 Å². The number of fused-ring (bicyclic) bond motifs is 1. The van der Waals surface area contributed by atoms with Crippen molar-refractivity contribution in [3.8, 4) is 0 Å². The minimum absolute atomic E-state index is 0.00250. The Bertz CT molecular complexity index is 633. The van der Waals surface area contributed by atoms with Crippen molar-refractivity contribution in [3.05, 3.63) is 48.0 Å². The Morgan fingerprint density at radius 3 is 2.71 bits per heavy atom. The van der Waals surface area contributed by atoms with Gasteiger partial charge in [-0.25, -0.2) is 0 Å². The Hall–Kier alpha value is -1.87. The van der Waals surface area contributed by atoms with Crippen LogP contribution in [-0.4, -0.2) is 23.2 Å². The highest BCUT2D eigenvalue weighted by Gasteiger charge is 2.24. The topological polar surface area (TPSA) is 49.3 Å². The summed E-state index contributed by atoms with van der Waals surface area (Å²) in [6.45, 7) is 0. The first kappa shape index (κ1) is 14.1. The van der Waals surface area contributed by atoms with Gasteiger partial charge in [0.1, 0.15) is 0 Å². The zero-order valence-corrected chi connectivity index (χ0v) is 12.1. The SMILES string of the molecule is O=C(Cc1cccc2ccccc12)NC1CCCCC1O. The van der Waals surface area contributed by atoms with Crippen LogP contribution in [0.1, 0.15) is 31.2 Å². The Kier molecular flexibility index (Phi) is 4.20. The number of nitrogens with one attached hydrogen (secondary N) is 1. The molecule has 2 unspecified atom stereocenters. The van der Waals surface area contributed by atoms with Crippen molar-refractivity contribution in [2.24, 2.45) is 0 Å². The molecular formula is C18H21NO2. The quantitative estimate of drug-likeness (QED) is 0.910. The van der Waals surface area contributed by atoms with Gasteiger partial charge in [-0.05, 0) is 29.2 Å². The first-order valence-electron chi connectivity index (χ1n) is 7.68. The number of amides is 1. The zero-order valence-electron chi connectivity index (χ0n) is 12.1. The van der Waals surface area contributed by atoms with Crippen molar-refractivity contribution in [1.82, 2.24) is 5.32 Å². The maximum atomic E-state index is 12.2. The minimum atomic E-state index is -0.393. The van der Waals surface area contributed by atoms with E-state index in [2.05, 4.69) is 17.4 Å². The normalized spacial score (nSPS) is 22.1. The molecule has 0 aliphatic heterocycles. The zero-order chi connectivity index (χ0) is 14.7. The number of carbonyl (C=O) groups excluding carboxylic acids is 1. The molecule has 21 heavy (non-hydrogen) atoms. The van der Waals surface area contributed by atoms with Gasteiger partial charge in [-0.15, -0.1) is 0 Å². The first-order chi connectivity index (χ1) is 10.2. The Morgan fingerprint density at radius 1 is 1.10 bits per heavy atom. The summed E-state index contributed by atoms with van der Waals surface area (Å²) >= 11 is 0. The van der Waals surface area contributed by atoms with Crippen LogP contribution in [0.15, 0.2) is 42.5 Å². The van der Waals surface area contributed by atoms with E-state index in [-0.39, 0.29) is 11.9 Å². The number of carbonyl (C=O) groups is 1. The van der Waals surface area contributed by atoms with E-state index in [1.54, 1.807) is 0 Å². The standard InChI is InChI=1S/C18H21NO2/c20-17-11-4-3-10-16(17)19-18(21)12-14-8-5-7-13-6-1-2-9-15(13)14/h1-2,5-9,16-17,20H,3-4,10-12H2,(H,19,21). The summed E-state index contributed by atoms with van der Waals surface area (Å²) in [5.74, 6) is -0.00250. The molecule has 2 aromatic carbocycles. The van der Waals surface area contributed by atoms with Gasteiger partial charge < -0.3 is 10.4 Å². The van der Waals surface area contributed by atoms with E-state index in [9.17, 15) is 9.90 Å². The molecule has 0 heterocycles. The molecular weight excluding hydrogens is 262 g/mol. The van der Waals surface area contributed by atoms with Gasteiger partial charge in [-0.2, -0.15) is 0 Å². The van der Waals surface area contributed by atoms with E-state index in [1.807, 2.05) is 30.3 Å². The number of hydrogen-bond acceptors (Lipinski definition) is 2. The summed E-state index contributed by atoms with van der Waals surface area (Å²) in [6.07, 6.45) is 3.77. The molecule has 1 amide bonds.